The van der Waals surface area contributed by atoms with Crippen LogP contribution in [0.1, 0.15) is 26.2 Å². The monoisotopic (exact) mass is 219 g/mol. The summed E-state index contributed by atoms with van der Waals surface area (Å²) in [4.78, 5) is 11.2. The fourth-order valence-electron chi connectivity index (χ4n) is 1.33. The van der Waals surface area contributed by atoms with Crippen LogP contribution in [0.25, 0.3) is 0 Å². The van der Waals surface area contributed by atoms with E-state index in [-0.39, 0.29) is 11.2 Å². The van der Waals surface area contributed by atoms with Crippen LogP contribution in [-0.4, -0.2) is 28.7 Å². The van der Waals surface area contributed by atoms with Crippen LogP contribution in [0, 0.1) is 0 Å². The van der Waals surface area contributed by atoms with Crippen molar-refractivity contribution in [3.8, 4) is 0 Å². The van der Waals surface area contributed by atoms with Gasteiger partial charge in [-0.15, -0.1) is 0 Å². The third-order valence-corrected chi connectivity index (χ3v) is 3.79. The van der Waals surface area contributed by atoms with Crippen molar-refractivity contribution in [2.24, 2.45) is 0 Å². The molecule has 0 aromatic rings. The highest BCUT2D eigenvalue weighted by Gasteiger charge is 2.15. The Morgan fingerprint density at radius 3 is 3.00 bits per heavy atom. The quantitative estimate of drug-likeness (QED) is 0.708. The Morgan fingerprint density at radius 1 is 1.69 bits per heavy atom. The van der Waals surface area contributed by atoms with E-state index in [0.717, 1.165) is 6.54 Å². The standard InChI is InChI=1S/C9H17NOS2/c1-7(12)9(11)10-6-8-4-2-3-5-13-8/h7-8,12H,2-6H2,1H3,(H,10,11). The normalized spacial score (nSPS) is 25.2. The van der Waals surface area contributed by atoms with Crippen LogP contribution in [0.2, 0.25) is 0 Å². The van der Waals surface area contributed by atoms with Crippen molar-refractivity contribution < 1.29 is 4.79 Å². The third kappa shape index (κ3) is 4.27. The minimum atomic E-state index is -0.186. The van der Waals surface area contributed by atoms with Crippen molar-refractivity contribution in [3.05, 3.63) is 0 Å². The topological polar surface area (TPSA) is 29.1 Å². The molecule has 4 heteroatoms. The van der Waals surface area contributed by atoms with Gasteiger partial charge < -0.3 is 5.32 Å². The fraction of sp³-hybridized carbons (Fsp3) is 0.889. The Labute approximate surface area is 89.6 Å². The molecule has 0 aromatic carbocycles. The average Bonchev–Trinajstić information content (AvgIpc) is 2.15. The van der Waals surface area contributed by atoms with Crippen LogP contribution in [0.5, 0.6) is 0 Å². The lowest BCUT2D eigenvalue weighted by molar-refractivity contribution is -0.120. The molecule has 13 heavy (non-hydrogen) atoms. The maximum atomic E-state index is 11.2. The van der Waals surface area contributed by atoms with E-state index in [0.29, 0.717) is 5.25 Å². The molecule has 0 spiro atoms. The van der Waals surface area contributed by atoms with Gasteiger partial charge in [0.15, 0.2) is 0 Å². The molecule has 1 aliphatic rings. The number of rotatable bonds is 3. The Balaban J connectivity index is 2.13. The Bertz CT molecular complexity index is 167. The van der Waals surface area contributed by atoms with E-state index in [2.05, 4.69) is 17.9 Å². The highest BCUT2D eigenvalue weighted by Crippen LogP contribution is 2.24. The van der Waals surface area contributed by atoms with Gasteiger partial charge in [-0.25, -0.2) is 0 Å². The summed E-state index contributed by atoms with van der Waals surface area (Å²) in [6.07, 6.45) is 3.88. The highest BCUT2D eigenvalue weighted by atomic mass is 32.2. The smallest absolute Gasteiger partial charge is 0.232 e. The molecule has 1 heterocycles. The van der Waals surface area contributed by atoms with Crippen molar-refractivity contribution in [1.29, 1.82) is 0 Å². The summed E-state index contributed by atoms with van der Waals surface area (Å²) < 4.78 is 0. The molecule has 1 aliphatic heterocycles. The number of carbonyl (C=O) groups is 1. The molecule has 76 valence electrons. The maximum Gasteiger partial charge on any atom is 0.232 e. The molecular weight excluding hydrogens is 202 g/mol. The summed E-state index contributed by atoms with van der Waals surface area (Å²) >= 11 is 6.05. The van der Waals surface area contributed by atoms with Gasteiger partial charge in [0, 0.05) is 11.8 Å². The number of thiol groups is 1. The second kappa shape index (κ2) is 5.81. The summed E-state index contributed by atoms with van der Waals surface area (Å²) in [5.74, 6) is 1.30. The molecule has 0 saturated carbocycles. The van der Waals surface area contributed by atoms with Gasteiger partial charge in [-0.2, -0.15) is 24.4 Å². The third-order valence-electron chi connectivity index (χ3n) is 2.16. The maximum absolute atomic E-state index is 11.2. The molecule has 1 saturated heterocycles. The number of hydrogen-bond donors (Lipinski definition) is 2. The van der Waals surface area contributed by atoms with Gasteiger partial charge in [0.25, 0.3) is 0 Å². The molecule has 0 radical (unpaired) electrons. The Kier molecular flexibility index (Phi) is 5.02. The number of nitrogens with one attached hydrogen (secondary N) is 1. The van der Waals surface area contributed by atoms with Crippen LogP contribution in [-0.2, 0) is 4.79 Å². The first-order valence-corrected chi connectivity index (χ1v) is 6.34. The molecule has 1 fully saturated rings. The average molecular weight is 219 g/mol. The predicted octanol–water partition coefficient (Wildman–Crippen LogP) is 1.71. The molecule has 1 rings (SSSR count). The van der Waals surface area contributed by atoms with Crippen LogP contribution in [0.15, 0.2) is 0 Å². The van der Waals surface area contributed by atoms with Gasteiger partial charge in [-0.3, -0.25) is 4.79 Å². The van der Waals surface area contributed by atoms with Gasteiger partial charge in [0.2, 0.25) is 5.91 Å². The Hall–Kier alpha value is 0.170. The van der Waals surface area contributed by atoms with Crippen molar-refractivity contribution in [3.63, 3.8) is 0 Å². The summed E-state index contributed by atoms with van der Waals surface area (Å²) in [5, 5.41) is 3.36. The van der Waals surface area contributed by atoms with Crippen LogP contribution < -0.4 is 5.32 Å². The molecular formula is C9H17NOS2. The number of carbonyl (C=O) groups excluding carboxylic acids is 1. The van der Waals surface area contributed by atoms with Gasteiger partial charge in [-0.05, 0) is 25.5 Å². The number of hydrogen-bond acceptors (Lipinski definition) is 3. The first kappa shape index (κ1) is 11.2. The Morgan fingerprint density at radius 2 is 2.46 bits per heavy atom. The largest absolute Gasteiger partial charge is 0.354 e. The zero-order valence-electron chi connectivity index (χ0n) is 7.95. The highest BCUT2D eigenvalue weighted by molar-refractivity contribution is 7.99. The molecule has 2 unspecified atom stereocenters. The summed E-state index contributed by atoms with van der Waals surface area (Å²) in [6.45, 7) is 2.61. The van der Waals surface area contributed by atoms with Gasteiger partial charge >= 0.3 is 0 Å². The molecule has 0 aliphatic carbocycles. The first-order valence-electron chi connectivity index (χ1n) is 4.77. The predicted molar refractivity (Wildman–Crippen MR) is 61.6 cm³/mol. The van der Waals surface area contributed by atoms with Crippen LogP contribution >= 0.6 is 24.4 Å². The lowest BCUT2D eigenvalue weighted by Crippen LogP contribution is -2.35. The lowest BCUT2D eigenvalue weighted by atomic mass is 10.2. The van der Waals surface area contributed by atoms with Crippen molar-refractivity contribution in [1.82, 2.24) is 5.32 Å². The van der Waals surface area contributed by atoms with E-state index >= 15 is 0 Å². The molecule has 2 atom stereocenters. The van der Waals surface area contributed by atoms with Gasteiger partial charge in [0.05, 0.1) is 5.25 Å². The van der Waals surface area contributed by atoms with E-state index in [1.807, 2.05) is 11.8 Å². The minimum Gasteiger partial charge on any atom is -0.354 e. The summed E-state index contributed by atoms with van der Waals surface area (Å²) in [7, 11) is 0. The first-order chi connectivity index (χ1) is 6.20. The van der Waals surface area contributed by atoms with E-state index in [9.17, 15) is 4.79 Å². The molecule has 1 amide bonds. The van der Waals surface area contributed by atoms with Gasteiger partial charge in [0.1, 0.15) is 0 Å². The number of thioether (sulfide) groups is 1. The second-order valence-corrected chi connectivity index (χ2v) is 5.59. The van der Waals surface area contributed by atoms with E-state index < -0.39 is 0 Å². The van der Waals surface area contributed by atoms with Crippen LogP contribution in [0.3, 0.4) is 0 Å². The molecule has 1 N–H and O–H groups in total. The molecule has 2 nitrogen and oxygen atoms in total. The zero-order valence-corrected chi connectivity index (χ0v) is 9.66. The SMILES string of the molecule is CC(S)C(=O)NCC1CCCCS1. The van der Waals surface area contributed by atoms with Gasteiger partial charge in [-0.1, -0.05) is 6.42 Å². The van der Waals surface area contributed by atoms with E-state index in [1.54, 1.807) is 6.92 Å². The van der Waals surface area contributed by atoms with E-state index in [4.69, 9.17) is 0 Å². The van der Waals surface area contributed by atoms with E-state index in [1.165, 1.54) is 25.0 Å². The second-order valence-electron chi connectivity index (χ2n) is 3.41. The fourth-order valence-corrected chi connectivity index (χ4v) is 2.66. The summed E-state index contributed by atoms with van der Waals surface area (Å²) in [6, 6.07) is 0. The lowest BCUT2D eigenvalue weighted by Gasteiger charge is -2.21. The van der Waals surface area contributed by atoms with Crippen molar-refractivity contribution in [2.75, 3.05) is 12.3 Å². The molecule has 0 aromatic heterocycles. The molecule has 0 bridgehead atoms. The van der Waals surface area contributed by atoms with Crippen LogP contribution in [0.4, 0.5) is 0 Å². The summed E-state index contributed by atoms with van der Waals surface area (Å²) in [5.41, 5.74) is 0. The zero-order chi connectivity index (χ0) is 9.68. The minimum absolute atomic E-state index is 0.0505. The van der Waals surface area contributed by atoms with Crippen molar-refractivity contribution in [2.45, 2.75) is 36.7 Å². The number of amides is 1. The van der Waals surface area contributed by atoms with Crippen molar-refractivity contribution >= 4 is 30.3 Å².